The van der Waals surface area contributed by atoms with Gasteiger partial charge in [0.2, 0.25) is 5.91 Å². The number of nitrogens with one attached hydrogen (secondary N) is 1. The summed E-state index contributed by atoms with van der Waals surface area (Å²) in [5.74, 6) is 0.347. The highest BCUT2D eigenvalue weighted by atomic mass is 16.5. The highest BCUT2D eigenvalue weighted by Gasteiger charge is 2.40. The first kappa shape index (κ1) is 14.3. The molecule has 5 nitrogen and oxygen atoms in total. The van der Waals surface area contributed by atoms with Crippen molar-refractivity contribution in [1.82, 2.24) is 15.1 Å². The molecule has 3 fully saturated rings. The van der Waals surface area contributed by atoms with Crippen molar-refractivity contribution in [3.63, 3.8) is 0 Å². The van der Waals surface area contributed by atoms with Gasteiger partial charge in [0.15, 0.2) is 0 Å². The summed E-state index contributed by atoms with van der Waals surface area (Å²) in [5.41, 5.74) is -0.170. The Morgan fingerprint density at radius 2 is 2.15 bits per heavy atom. The van der Waals surface area contributed by atoms with E-state index in [1.807, 2.05) is 0 Å². The van der Waals surface area contributed by atoms with Gasteiger partial charge in [-0.3, -0.25) is 9.69 Å². The minimum absolute atomic E-state index is 0.170. The molecule has 114 valence electrons. The predicted molar refractivity (Wildman–Crippen MR) is 77.6 cm³/mol. The van der Waals surface area contributed by atoms with Gasteiger partial charge >= 0.3 is 0 Å². The maximum Gasteiger partial charge on any atom is 0.229 e. The van der Waals surface area contributed by atoms with Crippen LogP contribution in [0.15, 0.2) is 0 Å². The van der Waals surface area contributed by atoms with Crippen LogP contribution < -0.4 is 5.32 Å². The van der Waals surface area contributed by atoms with Crippen LogP contribution in [0.2, 0.25) is 0 Å². The second kappa shape index (κ2) is 6.00. The number of hydrogen-bond donors (Lipinski definition) is 1. The van der Waals surface area contributed by atoms with E-state index in [9.17, 15) is 4.79 Å². The number of ether oxygens (including phenoxy) is 1. The molecule has 1 amide bonds. The SMILES string of the molecule is CC1(C(=O)N2CCN(CC3CCCO3)CC2)CCNC1. The van der Waals surface area contributed by atoms with Crippen LogP contribution in [-0.2, 0) is 9.53 Å². The van der Waals surface area contributed by atoms with Crippen LogP contribution in [0.3, 0.4) is 0 Å². The van der Waals surface area contributed by atoms with Gasteiger partial charge < -0.3 is 15.0 Å². The quantitative estimate of drug-likeness (QED) is 0.809. The van der Waals surface area contributed by atoms with Gasteiger partial charge in [0.1, 0.15) is 0 Å². The largest absolute Gasteiger partial charge is 0.377 e. The van der Waals surface area contributed by atoms with Crippen LogP contribution in [-0.4, -0.2) is 74.2 Å². The fourth-order valence-corrected chi connectivity index (χ4v) is 3.59. The van der Waals surface area contributed by atoms with Gasteiger partial charge in [-0.2, -0.15) is 0 Å². The summed E-state index contributed by atoms with van der Waals surface area (Å²) in [4.78, 5) is 17.1. The molecule has 0 radical (unpaired) electrons. The van der Waals surface area contributed by atoms with Crippen LogP contribution in [0.5, 0.6) is 0 Å². The van der Waals surface area contributed by atoms with E-state index in [1.54, 1.807) is 0 Å². The summed E-state index contributed by atoms with van der Waals surface area (Å²) in [6.07, 6.45) is 3.80. The number of piperazine rings is 1. The first-order valence-electron chi connectivity index (χ1n) is 8.01. The molecule has 3 rings (SSSR count). The molecule has 0 aromatic rings. The molecular formula is C15H27N3O2. The molecule has 0 aromatic heterocycles. The Labute approximate surface area is 121 Å². The maximum absolute atomic E-state index is 12.6. The fourth-order valence-electron chi connectivity index (χ4n) is 3.59. The highest BCUT2D eigenvalue weighted by Crippen LogP contribution is 2.27. The highest BCUT2D eigenvalue weighted by molar-refractivity contribution is 5.83. The van der Waals surface area contributed by atoms with Gasteiger partial charge in [-0.1, -0.05) is 0 Å². The van der Waals surface area contributed by atoms with Crippen LogP contribution in [0.4, 0.5) is 0 Å². The fraction of sp³-hybridized carbons (Fsp3) is 0.933. The molecule has 0 bridgehead atoms. The lowest BCUT2D eigenvalue weighted by molar-refractivity contribution is -0.142. The van der Waals surface area contributed by atoms with Crippen molar-refractivity contribution in [2.75, 3.05) is 52.4 Å². The Morgan fingerprint density at radius 3 is 2.75 bits per heavy atom. The van der Waals surface area contributed by atoms with E-state index in [2.05, 4.69) is 22.0 Å². The summed E-state index contributed by atoms with van der Waals surface area (Å²) in [5, 5.41) is 3.32. The Kier molecular flexibility index (Phi) is 4.29. The Bertz CT molecular complexity index is 341. The normalized spacial score (nSPS) is 35.6. The van der Waals surface area contributed by atoms with Crippen molar-refractivity contribution >= 4 is 5.91 Å². The van der Waals surface area contributed by atoms with Gasteiger partial charge in [0.25, 0.3) is 0 Å². The summed E-state index contributed by atoms with van der Waals surface area (Å²) < 4.78 is 5.70. The molecule has 3 saturated heterocycles. The number of nitrogens with zero attached hydrogens (tertiary/aromatic N) is 2. The molecule has 3 heterocycles. The van der Waals surface area contributed by atoms with E-state index in [1.165, 1.54) is 12.8 Å². The molecule has 5 heteroatoms. The molecule has 1 N–H and O–H groups in total. The zero-order valence-electron chi connectivity index (χ0n) is 12.6. The van der Waals surface area contributed by atoms with E-state index >= 15 is 0 Å². The average Bonchev–Trinajstić information content (AvgIpc) is 3.11. The zero-order chi connectivity index (χ0) is 14.0. The number of carbonyl (C=O) groups is 1. The number of rotatable bonds is 3. The minimum atomic E-state index is -0.170. The number of hydrogen-bond acceptors (Lipinski definition) is 4. The smallest absolute Gasteiger partial charge is 0.229 e. The van der Waals surface area contributed by atoms with Gasteiger partial charge in [-0.25, -0.2) is 0 Å². The average molecular weight is 281 g/mol. The van der Waals surface area contributed by atoms with E-state index in [0.717, 1.165) is 58.8 Å². The first-order chi connectivity index (χ1) is 9.67. The van der Waals surface area contributed by atoms with Gasteiger partial charge in [0.05, 0.1) is 11.5 Å². The van der Waals surface area contributed by atoms with E-state index < -0.39 is 0 Å². The van der Waals surface area contributed by atoms with Crippen molar-refractivity contribution in [1.29, 1.82) is 0 Å². The molecule has 0 saturated carbocycles. The lowest BCUT2D eigenvalue weighted by atomic mass is 9.88. The Hall–Kier alpha value is -0.650. The van der Waals surface area contributed by atoms with Crippen molar-refractivity contribution < 1.29 is 9.53 Å². The van der Waals surface area contributed by atoms with Crippen LogP contribution >= 0.6 is 0 Å². The van der Waals surface area contributed by atoms with Crippen LogP contribution in [0.25, 0.3) is 0 Å². The van der Waals surface area contributed by atoms with Crippen molar-refractivity contribution in [3.05, 3.63) is 0 Å². The molecule has 3 aliphatic heterocycles. The minimum Gasteiger partial charge on any atom is -0.377 e. The molecule has 0 aliphatic carbocycles. The van der Waals surface area contributed by atoms with Crippen LogP contribution in [0, 0.1) is 5.41 Å². The third-order valence-corrected chi connectivity index (χ3v) is 5.03. The summed E-state index contributed by atoms with van der Waals surface area (Å²) in [6.45, 7) is 9.62. The lowest BCUT2D eigenvalue weighted by Gasteiger charge is -2.39. The van der Waals surface area contributed by atoms with Gasteiger partial charge in [-0.05, 0) is 32.7 Å². The maximum atomic E-state index is 12.6. The third kappa shape index (κ3) is 3.00. The summed E-state index contributed by atoms with van der Waals surface area (Å²) >= 11 is 0. The van der Waals surface area contributed by atoms with E-state index in [0.29, 0.717) is 12.0 Å². The Balaban J connectivity index is 1.46. The molecule has 2 unspecified atom stereocenters. The van der Waals surface area contributed by atoms with Gasteiger partial charge in [0, 0.05) is 45.9 Å². The molecule has 3 aliphatic rings. The number of carbonyl (C=O) groups excluding carboxylic acids is 1. The number of amides is 1. The lowest BCUT2D eigenvalue weighted by Crippen LogP contribution is -2.54. The molecule has 0 spiro atoms. The molecule has 2 atom stereocenters. The Morgan fingerprint density at radius 1 is 1.35 bits per heavy atom. The van der Waals surface area contributed by atoms with Gasteiger partial charge in [-0.15, -0.1) is 0 Å². The first-order valence-corrected chi connectivity index (χ1v) is 8.01. The standard InChI is InChI=1S/C15H27N3O2/c1-15(4-5-16-12-15)14(19)18-8-6-17(7-9-18)11-13-3-2-10-20-13/h13,16H,2-12H2,1H3. The second-order valence-corrected chi connectivity index (χ2v) is 6.72. The molecule has 20 heavy (non-hydrogen) atoms. The second-order valence-electron chi connectivity index (χ2n) is 6.72. The van der Waals surface area contributed by atoms with Crippen LogP contribution in [0.1, 0.15) is 26.2 Å². The van der Waals surface area contributed by atoms with Crippen molar-refractivity contribution in [2.45, 2.75) is 32.3 Å². The molecule has 0 aromatic carbocycles. The molecular weight excluding hydrogens is 254 g/mol. The van der Waals surface area contributed by atoms with Crippen molar-refractivity contribution in [3.8, 4) is 0 Å². The van der Waals surface area contributed by atoms with E-state index in [-0.39, 0.29) is 5.41 Å². The van der Waals surface area contributed by atoms with E-state index in [4.69, 9.17) is 4.74 Å². The predicted octanol–water partition coefficient (Wildman–Crippen LogP) is 0.309. The monoisotopic (exact) mass is 281 g/mol. The van der Waals surface area contributed by atoms with Crippen molar-refractivity contribution in [2.24, 2.45) is 5.41 Å². The summed E-state index contributed by atoms with van der Waals surface area (Å²) in [7, 11) is 0. The summed E-state index contributed by atoms with van der Waals surface area (Å²) in [6, 6.07) is 0. The topological polar surface area (TPSA) is 44.8 Å². The third-order valence-electron chi connectivity index (χ3n) is 5.03. The zero-order valence-corrected chi connectivity index (χ0v) is 12.6.